The minimum Gasteiger partial charge on any atom is -0.481 e. The molecule has 1 rings (SSSR count). The van der Waals surface area contributed by atoms with E-state index in [0.29, 0.717) is 0 Å². The van der Waals surface area contributed by atoms with Crippen LogP contribution in [0.4, 0.5) is 13.2 Å². The third-order valence-corrected chi connectivity index (χ3v) is 3.27. The molecule has 8 nitrogen and oxygen atoms in total. The van der Waals surface area contributed by atoms with Gasteiger partial charge in [-0.05, 0) is 24.1 Å². The Morgan fingerprint density at radius 3 is 2.07 bits per heavy atom. The van der Waals surface area contributed by atoms with E-state index in [0.717, 1.165) is 12.1 Å². The molecule has 0 aromatic carbocycles. The Bertz CT molecular complexity index is 691. The van der Waals surface area contributed by atoms with E-state index in [-0.39, 0.29) is 28.8 Å². The van der Waals surface area contributed by atoms with Crippen LogP contribution in [0.2, 0.25) is 0 Å². The molecule has 0 radical (unpaired) electrons. The van der Waals surface area contributed by atoms with E-state index in [1.54, 1.807) is 0 Å². The van der Waals surface area contributed by atoms with Crippen LogP contribution in [0.3, 0.4) is 0 Å². The molecule has 1 aromatic rings. The molecule has 1 atom stereocenters. The number of amides is 1. The van der Waals surface area contributed by atoms with Crippen molar-refractivity contribution in [3.05, 3.63) is 17.7 Å². The number of nitrogens with zero attached hydrogens (tertiary/aromatic N) is 2. The highest BCUT2D eigenvalue weighted by Gasteiger charge is 2.47. The second-order valence-corrected chi connectivity index (χ2v) is 5.35. The van der Waals surface area contributed by atoms with E-state index in [1.165, 1.54) is 21.1 Å². The van der Waals surface area contributed by atoms with Crippen LogP contribution >= 0.6 is 11.6 Å². The second kappa shape index (κ2) is 9.40. The first-order valence-electron chi connectivity index (χ1n) is 7.37. The van der Waals surface area contributed by atoms with Crippen LogP contribution in [-0.4, -0.2) is 60.6 Å². The molecule has 0 aliphatic heterocycles. The lowest BCUT2D eigenvalue weighted by Gasteiger charge is -2.30. The molecule has 0 bridgehead atoms. The Hall–Kier alpha value is -2.56. The molecule has 1 aromatic heterocycles. The second-order valence-electron chi connectivity index (χ2n) is 4.93. The number of ether oxygens (including phenoxy) is 3. The van der Waals surface area contributed by atoms with Crippen molar-refractivity contribution < 1.29 is 41.8 Å². The van der Waals surface area contributed by atoms with Gasteiger partial charge in [-0.25, -0.2) is 4.79 Å². The van der Waals surface area contributed by atoms with E-state index < -0.39 is 35.9 Å². The predicted octanol–water partition coefficient (Wildman–Crippen LogP) is 1.86. The number of hydrogen-bond donors (Lipinski definition) is 0. The maximum Gasteiger partial charge on any atom is 0.471 e. The maximum atomic E-state index is 13.0. The number of carbonyl (C=O) groups is 3. The van der Waals surface area contributed by atoms with Gasteiger partial charge < -0.3 is 19.1 Å². The molecule has 1 unspecified atom stereocenters. The fraction of sp³-hybridized carbons (Fsp3) is 0.467. The number of pyridine rings is 1. The van der Waals surface area contributed by atoms with Gasteiger partial charge in [0.25, 0.3) is 0 Å². The van der Waals surface area contributed by atoms with Gasteiger partial charge in [-0.2, -0.15) is 18.2 Å². The van der Waals surface area contributed by atoms with E-state index in [4.69, 9.17) is 25.8 Å². The molecule has 0 spiro atoms. The zero-order chi connectivity index (χ0) is 20.8. The highest BCUT2D eigenvalue weighted by atomic mass is 35.5. The van der Waals surface area contributed by atoms with Gasteiger partial charge in [0.15, 0.2) is 6.04 Å². The monoisotopic (exact) mass is 412 g/mol. The molecule has 27 heavy (non-hydrogen) atoms. The zero-order valence-electron chi connectivity index (χ0n) is 14.5. The lowest BCUT2D eigenvalue weighted by Crippen LogP contribution is -2.48. The van der Waals surface area contributed by atoms with Gasteiger partial charge in [-0.3, -0.25) is 9.59 Å². The fourth-order valence-electron chi connectivity index (χ4n) is 2.11. The van der Waals surface area contributed by atoms with E-state index in [1.807, 2.05) is 0 Å². The van der Waals surface area contributed by atoms with Crippen molar-refractivity contribution in [3.63, 3.8) is 0 Å². The summed E-state index contributed by atoms with van der Waals surface area (Å²) in [5, 5.41) is -1.28. The van der Waals surface area contributed by atoms with Crippen LogP contribution in [-0.2, 0) is 19.1 Å². The van der Waals surface area contributed by atoms with Crippen molar-refractivity contribution in [1.82, 2.24) is 9.88 Å². The average Bonchev–Trinajstić information content (AvgIpc) is 2.59. The van der Waals surface area contributed by atoms with Gasteiger partial charge in [0.05, 0.1) is 27.4 Å². The number of carbonyl (C=O) groups excluding carboxylic acids is 3. The number of esters is 1. The molecular formula is C15H16ClF3N2O6. The van der Waals surface area contributed by atoms with Crippen LogP contribution in [0.15, 0.2) is 12.1 Å². The number of aromatic nitrogens is 1. The highest BCUT2D eigenvalue weighted by Crippen LogP contribution is 2.31. The third-order valence-electron chi connectivity index (χ3n) is 3.15. The summed E-state index contributed by atoms with van der Waals surface area (Å²) >= 11 is 5.18. The SMILES string of the molecule is CCOC(=O)C(c1cc(OC)nc(OC)c1)N(CC(=O)Cl)C(=O)C(F)(F)F. The topological polar surface area (TPSA) is 95.0 Å². The van der Waals surface area contributed by atoms with Crippen LogP contribution in [0.5, 0.6) is 11.8 Å². The molecule has 12 heteroatoms. The molecule has 1 amide bonds. The van der Waals surface area contributed by atoms with Crippen LogP contribution in [0.25, 0.3) is 0 Å². The molecule has 0 aliphatic carbocycles. The molecule has 0 N–H and O–H groups in total. The van der Waals surface area contributed by atoms with Gasteiger partial charge in [-0.1, -0.05) is 0 Å². The molecule has 150 valence electrons. The Morgan fingerprint density at radius 1 is 1.19 bits per heavy atom. The summed E-state index contributed by atoms with van der Waals surface area (Å²) in [5.41, 5.74) is -0.173. The summed E-state index contributed by atoms with van der Waals surface area (Å²) in [4.78, 5) is 39.3. The van der Waals surface area contributed by atoms with Crippen molar-refractivity contribution in [2.45, 2.75) is 19.1 Å². The summed E-state index contributed by atoms with van der Waals surface area (Å²) in [6, 6.07) is 0.284. The number of hydrogen-bond acceptors (Lipinski definition) is 7. The lowest BCUT2D eigenvalue weighted by atomic mass is 10.1. The first-order chi connectivity index (χ1) is 12.5. The summed E-state index contributed by atoms with van der Waals surface area (Å²) in [6.07, 6.45) is -5.36. The minimum absolute atomic E-state index is 0.0263. The van der Waals surface area contributed by atoms with Crippen molar-refractivity contribution in [3.8, 4) is 11.8 Å². The van der Waals surface area contributed by atoms with Crippen molar-refractivity contribution in [2.75, 3.05) is 27.4 Å². The summed E-state index contributed by atoms with van der Waals surface area (Å²) in [5.74, 6) is -3.85. The first kappa shape index (κ1) is 22.5. The lowest BCUT2D eigenvalue weighted by molar-refractivity contribution is -0.190. The van der Waals surface area contributed by atoms with Crippen LogP contribution in [0.1, 0.15) is 18.5 Å². The Labute approximate surface area is 157 Å². The average molecular weight is 413 g/mol. The quantitative estimate of drug-likeness (QED) is 0.475. The van der Waals surface area contributed by atoms with E-state index in [9.17, 15) is 27.6 Å². The minimum atomic E-state index is -5.36. The first-order valence-corrected chi connectivity index (χ1v) is 7.75. The number of halogens is 4. The Morgan fingerprint density at radius 2 is 1.70 bits per heavy atom. The standard InChI is InChI=1S/C15H16ClF3N2O6/c1-4-27-13(23)12(8-5-10(25-2)20-11(6-8)26-3)21(7-9(16)22)14(24)15(17,18)19/h5-6,12H,4,7H2,1-3H3. The summed E-state index contributed by atoms with van der Waals surface area (Å²) in [6.45, 7) is 0.0547. The molecule has 0 fully saturated rings. The number of alkyl halides is 3. The Balaban J connectivity index is 3.59. The van der Waals surface area contributed by atoms with Crippen molar-refractivity contribution in [1.29, 1.82) is 0 Å². The zero-order valence-corrected chi connectivity index (χ0v) is 15.3. The van der Waals surface area contributed by atoms with Crippen molar-refractivity contribution in [2.24, 2.45) is 0 Å². The highest BCUT2D eigenvalue weighted by molar-refractivity contribution is 6.64. The van der Waals surface area contributed by atoms with Crippen molar-refractivity contribution >= 4 is 28.7 Å². The Kier molecular flexibility index (Phi) is 7.82. The largest absolute Gasteiger partial charge is 0.481 e. The third kappa shape index (κ3) is 5.98. The smallest absolute Gasteiger partial charge is 0.471 e. The molecule has 0 saturated heterocycles. The molecule has 0 aliphatic rings. The summed E-state index contributed by atoms with van der Waals surface area (Å²) < 4.78 is 53.6. The van der Waals surface area contributed by atoms with E-state index >= 15 is 0 Å². The van der Waals surface area contributed by atoms with Gasteiger partial charge >= 0.3 is 18.1 Å². The number of methoxy groups -OCH3 is 2. The molecule has 1 heterocycles. The van der Waals surface area contributed by atoms with E-state index in [2.05, 4.69) is 4.98 Å². The van der Waals surface area contributed by atoms with Crippen LogP contribution in [0, 0.1) is 0 Å². The van der Waals surface area contributed by atoms with Gasteiger partial charge in [0, 0.05) is 12.1 Å². The van der Waals surface area contributed by atoms with Gasteiger partial charge in [0.2, 0.25) is 17.0 Å². The maximum absolute atomic E-state index is 13.0. The molecule has 0 saturated carbocycles. The van der Waals surface area contributed by atoms with Gasteiger partial charge in [0.1, 0.15) is 0 Å². The predicted molar refractivity (Wildman–Crippen MR) is 85.3 cm³/mol. The summed E-state index contributed by atoms with van der Waals surface area (Å²) in [7, 11) is 2.46. The number of rotatable bonds is 8. The van der Waals surface area contributed by atoms with Crippen LogP contribution < -0.4 is 9.47 Å². The fourth-order valence-corrected chi connectivity index (χ4v) is 2.24. The van der Waals surface area contributed by atoms with Gasteiger partial charge in [-0.15, -0.1) is 0 Å². The normalized spacial score (nSPS) is 12.1. The molecular weight excluding hydrogens is 397 g/mol.